The first-order valence-corrected chi connectivity index (χ1v) is 25.3. The maximum Gasteiger partial charge on any atom is -1.00 e. The smallest absolute Gasteiger partial charge is 1.00 e. The molecule has 0 heterocycles. The van der Waals surface area contributed by atoms with Crippen molar-refractivity contribution in [2.24, 2.45) is 10.8 Å². The maximum atomic E-state index is 11.4. The Morgan fingerprint density at radius 2 is 0.932 bits per heavy atom. The fraction of sp³-hybridized carbons (Fsp3) is 0.231. The molecule has 6 aromatic carbocycles. The van der Waals surface area contributed by atoms with E-state index in [1.807, 2.05) is 6.55 Å². The first-order valence-electron chi connectivity index (χ1n) is 19.5. The number of allylic oxidation sites excluding steroid dienone is 4. The number of benzene rings is 6. The van der Waals surface area contributed by atoms with E-state index in [1.165, 1.54) is 99.2 Å². The summed E-state index contributed by atoms with van der Waals surface area (Å²) in [7, 11) is 0. The molecule has 6 aromatic rings. The van der Waals surface area contributed by atoms with Crippen LogP contribution < -0.4 is 45.7 Å². The summed E-state index contributed by atoms with van der Waals surface area (Å²) in [6.07, 6.45) is 11.7. The molecule has 8 rings (SSSR count). The number of hydrogen-bond donors (Lipinski definition) is 0. The van der Waals surface area contributed by atoms with Crippen LogP contribution >= 0.6 is 0 Å². The van der Waals surface area contributed by atoms with Gasteiger partial charge in [-0.1, -0.05) is 150 Å². The van der Waals surface area contributed by atoms with E-state index in [0.29, 0.717) is 6.04 Å². The molecule has 0 atom stereocenters. The minimum Gasteiger partial charge on any atom is -1.00 e. The van der Waals surface area contributed by atoms with E-state index in [0.717, 1.165) is 0 Å². The van der Waals surface area contributed by atoms with Gasteiger partial charge in [0.2, 0.25) is 0 Å². The van der Waals surface area contributed by atoms with Crippen molar-refractivity contribution in [1.29, 1.82) is 0 Å². The van der Waals surface area contributed by atoms with Crippen LogP contribution in [-0.4, -0.2) is 11.6 Å². The molecule has 0 saturated heterocycles. The third-order valence-electron chi connectivity index (χ3n) is 9.45. The van der Waals surface area contributed by atoms with Crippen LogP contribution in [0.2, 0.25) is 12.6 Å². The van der Waals surface area contributed by atoms with E-state index < -0.39 is 18.0 Å². The molecule has 7 heteroatoms. The Hall–Kier alpha value is -3.73. The van der Waals surface area contributed by atoms with Crippen LogP contribution in [0.5, 0.6) is 0 Å². The van der Waals surface area contributed by atoms with Crippen molar-refractivity contribution in [1.82, 2.24) is 0 Å². The molecule has 0 unspecified atom stereocenters. The van der Waals surface area contributed by atoms with Gasteiger partial charge < -0.3 is 24.8 Å². The van der Waals surface area contributed by atoms with Crippen molar-refractivity contribution in [3.8, 4) is 22.3 Å². The second-order valence-electron chi connectivity index (χ2n) is 17.0. The standard InChI is InChI=1S/2C24H21.C4H7F3Si.2ClH.Zr/c2*1-24(2,3)16-17-13-20-9-6-10-22(23(20)14-17)21-12-11-18-7-4-5-8-19(18)15-21;1-8-3-2-4(5,6)7;;;/h2*4-12,14-16H,1-3H3;2-3H2,1H3;2*1H;/q2*-1;;;;+2/p-2. The zero-order valence-electron chi connectivity index (χ0n) is 34.7. The zero-order valence-corrected chi connectivity index (χ0v) is 39.6. The minimum absolute atomic E-state index is 0. The number of hydrogen-bond acceptors (Lipinski definition) is 0. The van der Waals surface area contributed by atoms with Gasteiger partial charge in [-0.25, -0.2) is 0 Å². The van der Waals surface area contributed by atoms with Crippen molar-refractivity contribution >= 4 is 51.3 Å². The minimum atomic E-state index is -3.93. The second kappa shape index (κ2) is 20.2. The summed E-state index contributed by atoms with van der Waals surface area (Å²) in [5.41, 5.74) is 7.18. The van der Waals surface area contributed by atoms with Crippen molar-refractivity contribution in [3.05, 3.63) is 166 Å². The van der Waals surface area contributed by atoms with Crippen LogP contribution in [0.1, 0.15) is 48.0 Å². The molecule has 0 amide bonds. The fourth-order valence-electron chi connectivity index (χ4n) is 6.99. The number of rotatable bonds is 4. The predicted molar refractivity (Wildman–Crippen MR) is 235 cm³/mol. The van der Waals surface area contributed by atoms with Crippen LogP contribution in [0.15, 0.2) is 145 Å². The third-order valence-corrected chi connectivity index (χ3v) is 12.3. The number of halogens is 5. The van der Waals surface area contributed by atoms with Crippen LogP contribution in [0.4, 0.5) is 13.2 Å². The molecule has 0 radical (unpaired) electrons. The Morgan fingerprint density at radius 1 is 0.542 bits per heavy atom. The molecule has 2 aliphatic carbocycles. The summed E-state index contributed by atoms with van der Waals surface area (Å²) in [5, 5.41) is 10.1. The van der Waals surface area contributed by atoms with E-state index in [9.17, 15) is 13.2 Å². The van der Waals surface area contributed by atoms with Crippen molar-refractivity contribution in [3.63, 3.8) is 0 Å². The summed E-state index contributed by atoms with van der Waals surface area (Å²) >= 11 is 1.29. The predicted octanol–water partition coefficient (Wildman–Crippen LogP) is 5.98. The molecule has 0 saturated carbocycles. The molecule has 2 aliphatic rings. The molecule has 0 aliphatic heterocycles. The van der Waals surface area contributed by atoms with Crippen LogP contribution in [0.25, 0.3) is 68.1 Å². The summed E-state index contributed by atoms with van der Waals surface area (Å²) in [4.78, 5) is 0. The summed E-state index contributed by atoms with van der Waals surface area (Å²) in [5.74, 6) is 0. The maximum absolute atomic E-state index is 11.4. The molecule has 0 aromatic heterocycles. The van der Waals surface area contributed by atoms with Gasteiger partial charge >= 0.3 is 67.1 Å². The molecule has 0 spiro atoms. The molecule has 59 heavy (non-hydrogen) atoms. The first-order chi connectivity index (χ1) is 26.9. The Labute approximate surface area is 375 Å². The van der Waals surface area contributed by atoms with E-state index in [4.69, 9.17) is 0 Å². The molecule has 0 nitrogen and oxygen atoms in total. The Balaban J connectivity index is 0.000000211. The summed E-state index contributed by atoms with van der Waals surface area (Å²) in [6.45, 7) is 15.3. The Morgan fingerprint density at radius 3 is 1.27 bits per heavy atom. The van der Waals surface area contributed by atoms with E-state index in [1.54, 1.807) is 0 Å². The molecular weight excluding hydrogens is 872 g/mol. The van der Waals surface area contributed by atoms with E-state index >= 15 is 0 Å². The number of alkyl halides is 3. The molecule has 0 bridgehead atoms. The zero-order chi connectivity index (χ0) is 41.0. The van der Waals surface area contributed by atoms with Gasteiger partial charge in [-0.3, -0.25) is 0 Å². The SMILES string of the molecule is CC(C)(C)C=C1[C-]=c2cccc(-c3ccc4ccccc4c3)c2=C1.CC(C)(C)C=C1[C-]=c2cccc(-c3ccc4ccccc4c3)c2=C1.C[Si](=[Zr+2])CCC(F)(F)F.[Cl-].[Cl-]. The van der Waals surface area contributed by atoms with Gasteiger partial charge in [0.05, 0.1) is 0 Å². The van der Waals surface area contributed by atoms with Crippen molar-refractivity contribution < 1.29 is 61.3 Å². The molecule has 0 N–H and O–H groups in total. The van der Waals surface area contributed by atoms with E-state index in [-0.39, 0.29) is 35.6 Å². The van der Waals surface area contributed by atoms with Crippen LogP contribution in [-0.2, 0) is 23.3 Å². The monoisotopic (exact) mass is 918 g/mol. The topological polar surface area (TPSA) is 0 Å². The largest absolute Gasteiger partial charge is 1.00 e. The quantitative estimate of drug-likeness (QED) is 0.151. The average molecular weight is 921 g/mol. The first kappa shape index (κ1) is 47.9. The van der Waals surface area contributed by atoms with Crippen LogP contribution in [0, 0.1) is 10.8 Å². The van der Waals surface area contributed by atoms with Gasteiger partial charge in [0.25, 0.3) is 0 Å². The second-order valence-corrected chi connectivity index (χ2v) is 25.4. The Bertz CT molecular complexity index is 2610. The van der Waals surface area contributed by atoms with E-state index in [2.05, 4.69) is 199 Å². The normalized spacial score (nSPS) is 14.2. The van der Waals surface area contributed by atoms with Crippen molar-refractivity contribution in [2.45, 2.75) is 66.7 Å². The van der Waals surface area contributed by atoms with Gasteiger partial charge in [-0.15, -0.1) is 80.6 Å². The van der Waals surface area contributed by atoms with Gasteiger partial charge in [-0.2, -0.15) is 0 Å². The average Bonchev–Trinajstić information content (AvgIpc) is 3.75. The fourth-order valence-corrected chi connectivity index (χ4v) is 8.57. The number of fused-ring (bicyclic) bond motifs is 4. The van der Waals surface area contributed by atoms with Gasteiger partial charge in [0, 0.05) is 0 Å². The molecular formula is C52H49Cl2F3SiZr-2. The van der Waals surface area contributed by atoms with Gasteiger partial charge in [0.1, 0.15) is 0 Å². The molecule has 302 valence electrons. The summed E-state index contributed by atoms with van der Waals surface area (Å²) in [6, 6.07) is 43.8. The van der Waals surface area contributed by atoms with Gasteiger partial charge in [-0.05, 0) is 55.6 Å². The summed E-state index contributed by atoms with van der Waals surface area (Å²) < 4.78 is 34.3. The van der Waals surface area contributed by atoms with Crippen molar-refractivity contribution in [2.75, 3.05) is 0 Å². The van der Waals surface area contributed by atoms with Gasteiger partial charge in [0.15, 0.2) is 0 Å². The molecule has 0 fully saturated rings. The Kier molecular flexibility index (Phi) is 16.4. The third kappa shape index (κ3) is 13.6. The van der Waals surface area contributed by atoms with Crippen LogP contribution in [0.3, 0.4) is 0 Å².